The molecule has 4 nitrogen and oxygen atoms in total. The standard InChI is InChI=1S/C20H19ClF3N3OS/c1-11(16(28)12-5-7-13(8-6-12)19(2,3)4)29-18-26-25-17-15(21)9-14(10-27(17)18)20(22,23)24/h5-11H,1-4H3/t11-/m1/s1. The Balaban J connectivity index is 1.86. The fourth-order valence-electron chi connectivity index (χ4n) is 2.75. The van der Waals surface area contributed by atoms with Crippen molar-refractivity contribution in [1.82, 2.24) is 14.6 Å². The summed E-state index contributed by atoms with van der Waals surface area (Å²) >= 11 is 6.96. The molecule has 9 heteroatoms. The van der Waals surface area contributed by atoms with Crippen LogP contribution in [-0.2, 0) is 11.6 Å². The second-order valence-corrected chi connectivity index (χ2v) is 9.42. The van der Waals surface area contributed by atoms with Crippen LogP contribution in [0.25, 0.3) is 5.65 Å². The number of carbonyl (C=O) groups is 1. The van der Waals surface area contributed by atoms with E-state index in [1.807, 2.05) is 12.1 Å². The zero-order chi connectivity index (χ0) is 21.6. The highest BCUT2D eigenvalue weighted by Crippen LogP contribution is 2.34. The monoisotopic (exact) mass is 441 g/mol. The summed E-state index contributed by atoms with van der Waals surface area (Å²) in [7, 11) is 0. The second kappa shape index (κ2) is 7.65. The van der Waals surface area contributed by atoms with Crippen LogP contribution in [0.3, 0.4) is 0 Å². The maximum Gasteiger partial charge on any atom is 0.417 e. The minimum absolute atomic E-state index is 0.0299. The van der Waals surface area contributed by atoms with E-state index < -0.39 is 17.0 Å². The Labute approximate surface area is 175 Å². The van der Waals surface area contributed by atoms with Gasteiger partial charge in [-0.1, -0.05) is 68.4 Å². The van der Waals surface area contributed by atoms with Crippen LogP contribution >= 0.6 is 23.4 Å². The Hall–Kier alpha value is -2.06. The van der Waals surface area contributed by atoms with Crippen molar-refractivity contribution >= 4 is 34.8 Å². The number of aromatic nitrogens is 3. The third kappa shape index (κ3) is 4.59. The highest BCUT2D eigenvalue weighted by Gasteiger charge is 2.32. The smallest absolute Gasteiger partial charge is 0.293 e. The predicted molar refractivity (Wildman–Crippen MR) is 108 cm³/mol. The molecule has 0 saturated heterocycles. The number of pyridine rings is 1. The van der Waals surface area contributed by atoms with E-state index in [-0.39, 0.29) is 27.0 Å². The Morgan fingerprint density at radius 1 is 1.10 bits per heavy atom. The van der Waals surface area contributed by atoms with Crippen molar-refractivity contribution in [2.24, 2.45) is 0 Å². The summed E-state index contributed by atoms with van der Waals surface area (Å²) < 4.78 is 40.4. The van der Waals surface area contributed by atoms with Gasteiger partial charge in [0.1, 0.15) is 0 Å². The highest BCUT2D eigenvalue weighted by molar-refractivity contribution is 8.00. The number of carbonyl (C=O) groups excluding carboxylic acids is 1. The van der Waals surface area contributed by atoms with Gasteiger partial charge in [-0.15, -0.1) is 10.2 Å². The molecule has 0 spiro atoms. The van der Waals surface area contributed by atoms with Crippen molar-refractivity contribution in [3.63, 3.8) is 0 Å². The first-order valence-corrected chi connectivity index (χ1v) is 10.1. The zero-order valence-corrected chi connectivity index (χ0v) is 17.8. The zero-order valence-electron chi connectivity index (χ0n) is 16.2. The van der Waals surface area contributed by atoms with E-state index in [0.717, 1.165) is 29.6 Å². The lowest BCUT2D eigenvalue weighted by atomic mass is 9.86. The van der Waals surface area contributed by atoms with Crippen molar-refractivity contribution in [2.75, 3.05) is 0 Å². The Morgan fingerprint density at radius 3 is 2.28 bits per heavy atom. The van der Waals surface area contributed by atoms with Crippen LogP contribution in [0.2, 0.25) is 5.02 Å². The summed E-state index contributed by atoms with van der Waals surface area (Å²) in [6, 6.07) is 8.16. The van der Waals surface area contributed by atoms with Gasteiger partial charge in [0, 0.05) is 11.8 Å². The molecule has 1 atom stereocenters. The molecule has 0 N–H and O–H groups in total. The van der Waals surface area contributed by atoms with E-state index in [0.29, 0.717) is 5.56 Å². The summed E-state index contributed by atoms with van der Waals surface area (Å²) in [6.45, 7) is 7.93. The van der Waals surface area contributed by atoms with E-state index >= 15 is 0 Å². The molecule has 154 valence electrons. The van der Waals surface area contributed by atoms with Crippen molar-refractivity contribution < 1.29 is 18.0 Å². The molecule has 2 aromatic heterocycles. The lowest BCUT2D eigenvalue weighted by Crippen LogP contribution is -2.15. The number of halogens is 4. The van der Waals surface area contributed by atoms with Gasteiger partial charge in [0.15, 0.2) is 16.6 Å². The Bertz CT molecular complexity index is 1060. The minimum atomic E-state index is -4.56. The van der Waals surface area contributed by atoms with Gasteiger partial charge in [0.05, 0.1) is 15.8 Å². The number of fused-ring (bicyclic) bond motifs is 1. The van der Waals surface area contributed by atoms with Crippen LogP contribution in [0.15, 0.2) is 41.7 Å². The number of hydrogen-bond donors (Lipinski definition) is 0. The first kappa shape index (κ1) is 21.6. The van der Waals surface area contributed by atoms with Gasteiger partial charge in [-0.2, -0.15) is 13.2 Å². The number of alkyl halides is 3. The summed E-state index contributed by atoms with van der Waals surface area (Å²) in [4.78, 5) is 12.8. The third-order valence-corrected chi connectivity index (χ3v) is 5.78. The molecule has 0 aliphatic heterocycles. The number of nitrogens with zero attached hydrogens (tertiary/aromatic N) is 3. The Morgan fingerprint density at radius 2 is 1.72 bits per heavy atom. The van der Waals surface area contributed by atoms with Crippen LogP contribution in [0, 0.1) is 0 Å². The van der Waals surface area contributed by atoms with E-state index in [1.54, 1.807) is 19.1 Å². The quantitative estimate of drug-likeness (QED) is 0.364. The van der Waals surface area contributed by atoms with Crippen LogP contribution in [0.1, 0.15) is 49.2 Å². The van der Waals surface area contributed by atoms with E-state index in [2.05, 4.69) is 31.0 Å². The molecule has 0 aliphatic rings. The molecule has 3 aromatic rings. The maximum absolute atomic E-state index is 13.1. The molecule has 0 fully saturated rings. The minimum Gasteiger partial charge on any atom is -0.293 e. The molecular formula is C20H19ClF3N3OS. The predicted octanol–water partition coefficient (Wildman–Crippen LogP) is 6.06. The van der Waals surface area contributed by atoms with Gasteiger partial charge >= 0.3 is 6.18 Å². The Kier molecular flexibility index (Phi) is 5.71. The largest absolute Gasteiger partial charge is 0.417 e. The van der Waals surface area contributed by atoms with Crippen LogP contribution in [-0.4, -0.2) is 25.6 Å². The number of benzene rings is 1. The molecule has 0 amide bonds. The average molecular weight is 442 g/mol. The lowest BCUT2D eigenvalue weighted by molar-refractivity contribution is -0.137. The highest BCUT2D eigenvalue weighted by atomic mass is 35.5. The van der Waals surface area contributed by atoms with Crippen LogP contribution in [0.5, 0.6) is 0 Å². The number of Topliss-reactive ketones (excluding diaryl/α,β-unsaturated/α-hetero) is 1. The third-order valence-electron chi connectivity index (χ3n) is 4.44. The van der Waals surface area contributed by atoms with Gasteiger partial charge in [-0.25, -0.2) is 0 Å². The summed E-state index contributed by atoms with van der Waals surface area (Å²) in [5, 5.41) is 7.20. The van der Waals surface area contributed by atoms with Gasteiger partial charge in [0.2, 0.25) is 0 Å². The van der Waals surface area contributed by atoms with Crippen molar-refractivity contribution in [3.8, 4) is 0 Å². The van der Waals surface area contributed by atoms with Gasteiger partial charge in [0.25, 0.3) is 0 Å². The molecule has 3 rings (SSSR count). The first-order chi connectivity index (χ1) is 13.4. The number of hydrogen-bond acceptors (Lipinski definition) is 4. The molecule has 29 heavy (non-hydrogen) atoms. The topological polar surface area (TPSA) is 47.3 Å². The summed E-state index contributed by atoms with van der Waals surface area (Å²) in [5.41, 5.74) is 0.801. The SMILES string of the molecule is C[C@@H](Sc1nnc2c(Cl)cc(C(F)(F)F)cn12)C(=O)c1ccc(C(C)(C)C)cc1. The molecule has 0 aliphatic carbocycles. The molecule has 2 heterocycles. The fraction of sp³-hybridized carbons (Fsp3) is 0.350. The molecule has 1 aromatic carbocycles. The molecule has 0 bridgehead atoms. The lowest BCUT2D eigenvalue weighted by Gasteiger charge is -2.19. The summed E-state index contributed by atoms with van der Waals surface area (Å²) in [6.07, 6.45) is -3.67. The van der Waals surface area contributed by atoms with Crippen LogP contribution < -0.4 is 0 Å². The van der Waals surface area contributed by atoms with Gasteiger partial charge in [-0.05, 0) is 24.0 Å². The number of ketones is 1. The van der Waals surface area contributed by atoms with Gasteiger partial charge in [-0.3, -0.25) is 9.20 Å². The average Bonchev–Trinajstić information content (AvgIpc) is 3.03. The summed E-state index contributed by atoms with van der Waals surface area (Å²) in [5.74, 6) is -0.148. The molecule has 0 radical (unpaired) electrons. The molecular weight excluding hydrogens is 423 g/mol. The normalized spacial score (nSPS) is 13.7. The molecule has 0 saturated carbocycles. The second-order valence-electron chi connectivity index (χ2n) is 7.70. The molecule has 0 unspecified atom stereocenters. The van der Waals surface area contributed by atoms with E-state index in [1.165, 1.54) is 4.40 Å². The van der Waals surface area contributed by atoms with E-state index in [4.69, 9.17) is 11.6 Å². The van der Waals surface area contributed by atoms with Crippen molar-refractivity contribution in [3.05, 3.63) is 58.2 Å². The number of rotatable bonds is 4. The fourth-order valence-corrected chi connectivity index (χ4v) is 3.90. The van der Waals surface area contributed by atoms with Gasteiger partial charge < -0.3 is 0 Å². The van der Waals surface area contributed by atoms with Crippen LogP contribution in [0.4, 0.5) is 13.2 Å². The van der Waals surface area contributed by atoms with Crippen molar-refractivity contribution in [2.45, 2.75) is 49.7 Å². The number of thioether (sulfide) groups is 1. The van der Waals surface area contributed by atoms with Crippen molar-refractivity contribution in [1.29, 1.82) is 0 Å². The maximum atomic E-state index is 13.1. The first-order valence-electron chi connectivity index (χ1n) is 8.81. The van der Waals surface area contributed by atoms with E-state index in [9.17, 15) is 18.0 Å².